The maximum absolute atomic E-state index is 13.2. The summed E-state index contributed by atoms with van der Waals surface area (Å²) in [6.45, 7) is 3.57. The molecule has 0 aliphatic rings. The molecule has 0 amide bonds. The van der Waals surface area contributed by atoms with Gasteiger partial charge in [0, 0.05) is 17.7 Å². The first kappa shape index (κ1) is 20.0. The van der Waals surface area contributed by atoms with E-state index in [1.54, 1.807) is 33.1 Å². The van der Waals surface area contributed by atoms with Crippen LogP contribution in [-0.2, 0) is 16.6 Å². The van der Waals surface area contributed by atoms with Crippen molar-refractivity contribution >= 4 is 10.0 Å². The van der Waals surface area contributed by atoms with Gasteiger partial charge in [0.1, 0.15) is 11.6 Å². The van der Waals surface area contributed by atoms with Crippen LogP contribution in [0.4, 0.5) is 4.39 Å². The fourth-order valence-corrected chi connectivity index (χ4v) is 4.35. The van der Waals surface area contributed by atoms with Crippen LogP contribution in [0.25, 0.3) is 11.3 Å². The topological polar surface area (TPSA) is 72.6 Å². The third kappa shape index (κ3) is 4.23. The van der Waals surface area contributed by atoms with Gasteiger partial charge in [-0.05, 0) is 50.2 Å². The lowest BCUT2D eigenvalue weighted by molar-refractivity contribution is 0.332. The number of benzene rings is 2. The average Bonchev–Trinajstić information content (AvgIpc) is 3.15. The van der Waals surface area contributed by atoms with Gasteiger partial charge in [0.2, 0.25) is 10.0 Å². The molecule has 1 heterocycles. The van der Waals surface area contributed by atoms with E-state index in [2.05, 4.69) is 5.16 Å². The summed E-state index contributed by atoms with van der Waals surface area (Å²) in [6.07, 6.45) is 0. The number of ether oxygens (including phenoxy) is 1. The van der Waals surface area contributed by atoms with E-state index in [1.807, 2.05) is 18.2 Å². The summed E-state index contributed by atoms with van der Waals surface area (Å²) in [5, 5.41) is 4.01. The van der Waals surface area contributed by atoms with Crippen LogP contribution in [0.1, 0.15) is 19.5 Å². The van der Waals surface area contributed by atoms with Gasteiger partial charge in [0.25, 0.3) is 0 Å². The van der Waals surface area contributed by atoms with Crippen LogP contribution in [0.5, 0.6) is 5.75 Å². The summed E-state index contributed by atoms with van der Waals surface area (Å²) in [7, 11) is -2.24. The van der Waals surface area contributed by atoms with Crippen LogP contribution in [0, 0.1) is 5.82 Å². The average molecular weight is 404 g/mol. The minimum Gasteiger partial charge on any atom is -0.497 e. The zero-order valence-electron chi connectivity index (χ0n) is 15.8. The minimum absolute atomic E-state index is 0.0270. The Hall–Kier alpha value is -2.71. The first-order chi connectivity index (χ1) is 13.3. The molecule has 8 heteroatoms. The molecule has 0 spiro atoms. The largest absolute Gasteiger partial charge is 0.497 e. The molecule has 28 heavy (non-hydrogen) atoms. The molecular formula is C20H21FN2O4S. The fraction of sp³-hybridized carbons (Fsp3) is 0.250. The maximum Gasteiger partial charge on any atom is 0.243 e. The molecule has 0 bridgehead atoms. The lowest BCUT2D eigenvalue weighted by atomic mass is 10.1. The Morgan fingerprint density at radius 1 is 1.14 bits per heavy atom. The zero-order valence-corrected chi connectivity index (χ0v) is 16.6. The normalized spacial score (nSPS) is 11.9. The van der Waals surface area contributed by atoms with E-state index in [4.69, 9.17) is 9.26 Å². The molecule has 6 nitrogen and oxygen atoms in total. The Morgan fingerprint density at radius 3 is 2.50 bits per heavy atom. The predicted octanol–water partition coefficient (Wildman–Crippen LogP) is 4.09. The van der Waals surface area contributed by atoms with Crippen LogP contribution in [-0.4, -0.2) is 31.0 Å². The first-order valence-electron chi connectivity index (χ1n) is 8.68. The van der Waals surface area contributed by atoms with E-state index in [1.165, 1.54) is 16.4 Å². The van der Waals surface area contributed by atoms with Crippen molar-refractivity contribution in [1.29, 1.82) is 0 Å². The number of aromatic nitrogens is 1. The Labute approximate surface area is 163 Å². The van der Waals surface area contributed by atoms with Crippen LogP contribution in [0.3, 0.4) is 0 Å². The SMILES string of the molecule is COc1cccc(-c2cc(CN(C(C)C)S(=O)(=O)c3ccc(F)cc3)no2)c1. The van der Waals surface area contributed by atoms with Crippen molar-refractivity contribution in [3.05, 3.63) is 66.1 Å². The first-order valence-corrected chi connectivity index (χ1v) is 10.1. The molecule has 148 valence electrons. The van der Waals surface area contributed by atoms with Crippen molar-refractivity contribution < 1.29 is 22.1 Å². The maximum atomic E-state index is 13.2. The fourth-order valence-electron chi connectivity index (χ4n) is 2.75. The van der Waals surface area contributed by atoms with Gasteiger partial charge >= 0.3 is 0 Å². The Bertz CT molecular complexity index is 1050. The van der Waals surface area contributed by atoms with Crippen LogP contribution >= 0.6 is 0 Å². The molecule has 0 radical (unpaired) electrons. The van der Waals surface area contributed by atoms with Crippen molar-refractivity contribution in [3.8, 4) is 17.1 Å². The van der Waals surface area contributed by atoms with E-state index in [0.29, 0.717) is 17.2 Å². The Balaban J connectivity index is 1.87. The number of hydrogen-bond donors (Lipinski definition) is 0. The number of methoxy groups -OCH3 is 1. The summed E-state index contributed by atoms with van der Waals surface area (Å²) in [4.78, 5) is 0.0270. The molecule has 1 aromatic heterocycles. The van der Waals surface area contributed by atoms with Crippen LogP contribution in [0.2, 0.25) is 0 Å². The summed E-state index contributed by atoms with van der Waals surface area (Å²) in [5.41, 5.74) is 1.24. The van der Waals surface area contributed by atoms with Crippen molar-refractivity contribution in [2.75, 3.05) is 7.11 Å². The second-order valence-electron chi connectivity index (χ2n) is 6.51. The Morgan fingerprint density at radius 2 is 1.86 bits per heavy atom. The van der Waals surface area contributed by atoms with Gasteiger partial charge in [-0.3, -0.25) is 0 Å². The molecule has 0 saturated heterocycles. The van der Waals surface area contributed by atoms with Gasteiger partial charge in [0.15, 0.2) is 5.76 Å². The molecule has 3 aromatic rings. The smallest absolute Gasteiger partial charge is 0.243 e. The molecule has 0 fully saturated rings. The molecule has 3 rings (SSSR count). The second-order valence-corrected chi connectivity index (χ2v) is 8.40. The van der Waals surface area contributed by atoms with E-state index >= 15 is 0 Å². The molecule has 0 aliphatic carbocycles. The Kier molecular flexibility index (Phi) is 5.81. The summed E-state index contributed by atoms with van der Waals surface area (Å²) < 4.78 is 51.0. The van der Waals surface area contributed by atoms with E-state index < -0.39 is 15.8 Å². The number of sulfonamides is 1. The summed E-state index contributed by atoms with van der Waals surface area (Å²) in [5.74, 6) is 0.699. The zero-order chi connectivity index (χ0) is 20.3. The lowest BCUT2D eigenvalue weighted by Gasteiger charge is -2.24. The monoisotopic (exact) mass is 404 g/mol. The summed E-state index contributed by atoms with van der Waals surface area (Å²) >= 11 is 0. The quantitative estimate of drug-likeness (QED) is 0.593. The van der Waals surface area contributed by atoms with Crippen molar-refractivity contribution in [1.82, 2.24) is 9.46 Å². The van der Waals surface area contributed by atoms with Gasteiger partial charge in [-0.25, -0.2) is 12.8 Å². The third-order valence-electron chi connectivity index (χ3n) is 4.23. The highest BCUT2D eigenvalue weighted by Gasteiger charge is 2.28. The van der Waals surface area contributed by atoms with E-state index in [0.717, 1.165) is 17.7 Å². The van der Waals surface area contributed by atoms with Crippen LogP contribution < -0.4 is 4.74 Å². The standard InChI is InChI=1S/C20H21FN2O4S/c1-14(2)23(28(24,25)19-9-7-16(21)8-10-19)13-17-12-20(27-22-17)15-5-4-6-18(11-15)26-3/h4-12,14H,13H2,1-3H3. The highest BCUT2D eigenvalue weighted by molar-refractivity contribution is 7.89. The molecule has 0 aliphatic heterocycles. The molecule has 0 N–H and O–H groups in total. The number of rotatable bonds is 7. The number of hydrogen-bond acceptors (Lipinski definition) is 5. The van der Waals surface area contributed by atoms with Gasteiger partial charge in [-0.2, -0.15) is 4.31 Å². The predicted molar refractivity (Wildman–Crippen MR) is 103 cm³/mol. The molecular weight excluding hydrogens is 383 g/mol. The number of nitrogens with zero attached hydrogens (tertiary/aromatic N) is 2. The van der Waals surface area contributed by atoms with Gasteiger partial charge in [0.05, 0.1) is 24.2 Å². The van der Waals surface area contributed by atoms with Gasteiger partial charge in [-0.15, -0.1) is 0 Å². The third-order valence-corrected chi connectivity index (χ3v) is 6.26. The van der Waals surface area contributed by atoms with E-state index in [9.17, 15) is 12.8 Å². The van der Waals surface area contributed by atoms with E-state index in [-0.39, 0.29) is 17.5 Å². The van der Waals surface area contributed by atoms with Gasteiger partial charge < -0.3 is 9.26 Å². The lowest BCUT2D eigenvalue weighted by Crippen LogP contribution is -2.36. The molecule has 0 saturated carbocycles. The summed E-state index contributed by atoms with van der Waals surface area (Å²) in [6, 6.07) is 13.4. The second kappa shape index (κ2) is 8.12. The highest BCUT2D eigenvalue weighted by atomic mass is 32.2. The molecule has 2 aromatic carbocycles. The molecule has 0 atom stereocenters. The van der Waals surface area contributed by atoms with Crippen LogP contribution in [0.15, 0.2) is 64.0 Å². The van der Waals surface area contributed by atoms with Gasteiger partial charge in [-0.1, -0.05) is 17.3 Å². The van der Waals surface area contributed by atoms with Crippen molar-refractivity contribution in [3.63, 3.8) is 0 Å². The molecule has 0 unspecified atom stereocenters. The number of halogens is 1. The van der Waals surface area contributed by atoms with Crippen molar-refractivity contribution in [2.45, 2.75) is 31.3 Å². The highest BCUT2D eigenvalue weighted by Crippen LogP contribution is 2.26. The van der Waals surface area contributed by atoms with Crippen molar-refractivity contribution in [2.24, 2.45) is 0 Å². The minimum atomic E-state index is -3.82.